The third-order valence-corrected chi connectivity index (χ3v) is 4.80. The van der Waals surface area contributed by atoms with Crippen LogP contribution < -0.4 is 0 Å². The van der Waals surface area contributed by atoms with Crippen molar-refractivity contribution in [2.24, 2.45) is 11.8 Å². The van der Waals surface area contributed by atoms with E-state index in [9.17, 15) is 4.79 Å². The minimum absolute atomic E-state index is 0.454. The zero-order valence-electron chi connectivity index (χ0n) is 11.9. The number of unbranched alkanes of at least 4 members (excludes halogenated alkanes) is 2. The number of hydrogen-bond acceptors (Lipinski definition) is 1. The van der Waals surface area contributed by atoms with Crippen molar-refractivity contribution in [1.29, 1.82) is 0 Å². The summed E-state index contributed by atoms with van der Waals surface area (Å²) in [4.78, 5) is 11.9. The quantitative estimate of drug-likeness (QED) is 0.622. The summed E-state index contributed by atoms with van der Waals surface area (Å²) in [7, 11) is 0. The van der Waals surface area contributed by atoms with E-state index in [0.29, 0.717) is 11.7 Å². The van der Waals surface area contributed by atoms with E-state index in [0.717, 1.165) is 25.2 Å². The molecule has 102 valence electrons. The van der Waals surface area contributed by atoms with Crippen LogP contribution in [0.1, 0.15) is 77.6 Å². The summed E-state index contributed by atoms with van der Waals surface area (Å²) in [5.41, 5.74) is 1.20. The van der Waals surface area contributed by atoms with Crippen LogP contribution in [0.25, 0.3) is 0 Å². The minimum atomic E-state index is 0.454. The van der Waals surface area contributed by atoms with Crippen LogP contribution in [0.5, 0.6) is 0 Å². The molecule has 1 nitrogen and oxygen atoms in total. The predicted octanol–water partition coefficient (Wildman–Crippen LogP) is 5.05. The number of rotatable bonds is 5. The number of carbonyl (C=O) groups is 1. The van der Waals surface area contributed by atoms with E-state index < -0.39 is 0 Å². The molecule has 0 radical (unpaired) electrons. The Kier molecular flexibility index (Phi) is 5.46. The molecule has 0 unspecified atom stereocenters. The Morgan fingerprint density at radius 3 is 2.61 bits per heavy atom. The van der Waals surface area contributed by atoms with Crippen LogP contribution >= 0.6 is 0 Å². The van der Waals surface area contributed by atoms with Gasteiger partial charge in [0.15, 0.2) is 5.78 Å². The van der Waals surface area contributed by atoms with E-state index in [2.05, 4.69) is 13.0 Å². The van der Waals surface area contributed by atoms with Crippen molar-refractivity contribution in [1.82, 2.24) is 0 Å². The van der Waals surface area contributed by atoms with Crippen molar-refractivity contribution in [3.05, 3.63) is 11.6 Å². The number of hydrogen-bond donors (Lipinski definition) is 0. The minimum Gasteiger partial charge on any atom is -0.295 e. The number of allylic oxidation sites excluding steroid dienone is 2. The summed E-state index contributed by atoms with van der Waals surface area (Å²) in [6, 6.07) is 0. The molecule has 0 N–H and O–H groups in total. The van der Waals surface area contributed by atoms with Crippen LogP contribution in [-0.4, -0.2) is 5.78 Å². The Hall–Kier alpha value is -0.590. The van der Waals surface area contributed by atoms with E-state index in [4.69, 9.17) is 0 Å². The van der Waals surface area contributed by atoms with Crippen molar-refractivity contribution in [3.63, 3.8) is 0 Å². The molecular weight excluding hydrogens is 220 g/mol. The van der Waals surface area contributed by atoms with Gasteiger partial charge in [0.1, 0.15) is 0 Å². The maximum atomic E-state index is 11.9. The Balaban J connectivity index is 1.76. The monoisotopic (exact) mass is 248 g/mol. The molecule has 0 aromatic rings. The highest BCUT2D eigenvalue weighted by Gasteiger charge is 2.27. The number of ketones is 1. The van der Waals surface area contributed by atoms with Crippen molar-refractivity contribution in [2.75, 3.05) is 0 Å². The lowest BCUT2D eigenvalue weighted by Gasteiger charge is -2.30. The summed E-state index contributed by atoms with van der Waals surface area (Å²) in [6.07, 6.45) is 16.1. The zero-order chi connectivity index (χ0) is 12.8. The van der Waals surface area contributed by atoms with Crippen LogP contribution in [0, 0.1) is 11.8 Å². The normalized spacial score (nSPS) is 29.2. The lowest BCUT2D eigenvalue weighted by Crippen LogP contribution is -2.21. The Morgan fingerprint density at radius 1 is 1.17 bits per heavy atom. The molecule has 2 rings (SSSR count). The SMILES string of the molecule is CCCCC[C@H]1CC[C@H](C2=CCCCC2=O)CC1. The van der Waals surface area contributed by atoms with Crippen LogP contribution in [0.2, 0.25) is 0 Å². The summed E-state index contributed by atoms with van der Waals surface area (Å²) >= 11 is 0. The second-order valence-electron chi connectivity index (χ2n) is 6.19. The van der Waals surface area contributed by atoms with E-state index in [-0.39, 0.29) is 0 Å². The zero-order valence-corrected chi connectivity index (χ0v) is 11.9. The molecule has 0 aromatic heterocycles. The molecule has 18 heavy (non-hydrogen) atoms. The molecule has 0 atom stereocenters. The first-order chi connectivity index (χ1) is 8.81. The van der Waals surface area contributed by atoms with Crippen molar-refractivity contribution in [2.45, 2.75) is 77.6 Å². The fourth-order valence-corrected chi connectivity index (χ4v) is 3.62. The van der Waals surface area contributed by atoms with Crippen LogP contribution in [0.15, 0.2) is 11.6 Å². The van der Waals surface area contributed by atoms with Gasteiger partial charge in [0.25, 0.3) is 0 Å². The molecule has 0 saturated heterocycles. The molecule has 0 heterocycles. The number of Topliss-reactive ketones (excluding diaryl/α,β-unsaturated/α-hetero) is 1. The van der Waals surface area contributed by atoms with Crippen molar-refractivity contribution < 1.29 is 4.79 Å². The Labute approximate surface area is 112 Å². The van der Waals surface area contributed by atoms with E-state index in [1.165, 1.54) is 56.9 Å². The van der Waals surface area contributed by atoms with Crippen molar-refractivity contribution >= 4 is 5.78 Å². The lowest BCUT2D eigenvalue weighted by atomic mass is 9.74. The molecule has 0 aliphatic heterocycles. The predicted molar refractivity (Wildman–Crippen MR) is 76.5 cm³/mol. The first-order valence-electron chi connectivity index (χ1n) is 8.04. The number of carbonyl (C=O) groups excluding carboxylic acids is 1. The van der Waals surface area contributed by atoms with Gasteiger partial charge in [-0.3, -0.25) is 4.79 Å². The maximum Gasteiger partial charge on any atom is 0.158 e. The highest BCUT2D eigenvalue weighted by molar-refractivity contribution is 5.96. The highest BCUT2D eigenvalue weighted by Crippen LogP contribution is 2.37. The highest BCUT2D eigenvalue weighted by atomic mass is 16.1. The smallest absolute Gasteiger partial charge is 0.158 e. The molecule has 2 aliphatic carbocycles. The average Bonchev–Trinajstić information content (AvgIpc) is 2.41. The molecule has 1 heteroatoms. The largest absolute Gasteiger partial charge is 0.295 e. The Morgan fingerprint density at radius 2 is 1.94 bits per heavy atom. The lowest BCUT2D eigenvalue weighted by molar-refractivity contribution is -0.116. The van der Waals surface area contributed by atoms with Gasteiger partial charge in [0.05, 0.1) is 0 Å². The summed E-state index contributed by atoms with van der Waals surface area (Å²) in [5, 5.41) is 0. The molecular formula is C17H28O. The van der Waals surface area contributed by atoms with Crippen LogP contribution in [0.3, 0.4) is 0 Å². The summed E-state index contributed by atoms with van der Waals surface area (Å²) in [5.74, 6) is 2.02. The Bertz CT molecular complexity index is 295. The molecule has 0 amide bonds. The molecule has 0 aromatic carbocycles. The van der Waals surface area contributed by atoms with Gasteiger partial charge in [-0.1, -0.05) is 38.7 Å². The van der Waals surface area contributed by atoms with E-state index in [1.807, 2.05) is 0 Å². The van der Waals surface area contributed by atoms with Gasteiger partial charge in [-0.2, -0.15) is 0 Å². The standard InChI is InChI=1S/C17H28O/c1-2-3-4-7-14-10-12-15(13-11-14)16-8-5-6-9-17(16)18/h8,14-15H,2-7,9-13H2,1H3/t14-,15-. The van der Waals surface area contributed by atoms with Gasteiger partial charge in [-0.25, -0.2) is 0 Å². The van der Waals surface area contributed by atoms with E-state index in [1.54, 1.807) is 0 Å². The van der Waals surface area contributed by atoms with Crippen LogP contribution in [-0.2, 0) is 4.79 Å². The van der Waals surface area contributed by atoms with E-state index >= 15 is 0 Å². The molecule has 1 saturated carbocycles. The summed E-state index contributed by atoms with van der Waals surface area (Å²) < 4.78 is 0. The molecule has 0 bridgehead atoms. The molecule has 2 aliphatic rings. The van der Waals surface area contributed by atoms with Gasteiger partial charge in [-0.15, -0.1) is 0 Å². The molecule has 0 spiro atoms. The topological polar surface area (TPSA) is 17.1 Å². The van der Waals surface area contributed by atoms with Gasteiger partial charge < -0.3 is 0 Å². The fraction of sp³-hybridized carbons (Fsp3) is 0.824. The fourth-order valence-electron chi connectivity index (χ4n) is 3.62. The van der Waals surface area contributed by atoms with Crippen LogP contribution in [0.4, 0.5) is 0 Å². The van der Waals surface area contributed by atoms with Crippen molar-refractivity contribution in [3.8, 4) is 0 Å². The van der Waals surface area contributed by atoms with Gasteiger partial charge in [0, 0.05) is 6.42 Å². The average molecular weight is 248 g/mol. The first-order valence-corrected chi connectivity index (χ1v) is 8.04. The third kappa shape index (κ3) is 3.70. The second-order valence-corrected chi connectivity index (χ2v) is 6.19. The van der Waals surface area contributed by atoms with Gasteiger partial charge in [-0.05, 0) is 55.9 Å². The third-order valence-electron chi connectivity index (χ3n) is 4.80. The first kappa shape index (κ1) is 13.8. The summed E-state index contributed by atoms with van der Waals surface area (Å²) in [6.45, 7) is 2.28. The maximum absolute atomic E-state index is 11.9. The second kappa shape index (κ2) is 7.11. The molecule has 1 fully saturated rings. The van der Waals surface area contributed by atoms with Gasteiger partial charge in [0.2, 0.25) is 0 Å². The van der Waals surface area contributed by atoms with Gasteiger partial charge >= 0.3 is 0 Å².